The Hall–Kier alpha value is -2.11. The molecule has 1 amide bonds. The van der Waals surface area contributed by atoms with Gasteiger partial charge in [0.15, 0.2) is 0 Å². The smallest absolute Gasteiger partial charge is 0.254 e. The maximum absolute atomic E-state index is 13.6. The third-order valence-corrected chi connectivity index (χ3v) is 2.46. The Morgan fingerprint density at radius 3 is 2.94 bits per heavy atom. The molecule has 0 spiro atoms. The molecule has 18 heavy (non-hydrogen) atoms. The second kappa shape index (κ2) is 6.58. The maximum atomic E-state index is 13.6. The second-order valence-corrected chi connectivity index (χ2v) is 3.89. The lowest BCUT2D eigenvalue weighted by Gasteiger charge is -2.07. The summed E-state index contributed by atoms with van der Waals surface area (Å²) in [5.74, 6) is -0.867. The number of nitrogens with zero attached hydrogens (tertiary/aromatic N) is 1. The third-order valence-electron chi connectivity index (χ3n) is 2.46. The number of amidine groups is 1. The summed E-state index contributed by atoms with van der Waals surface area (Å²) in [7, 11) is 0. The van der Waals surface area contributed by atoms with Crippen molar-refractivity contribution in [1.29, 1.82) is 0 Å². The Bertz CT molecular complexity index is 461. The molecular formula is C12H16FN3O2. The molecule has 0 aromatic heterocycles. The molecule has 0 heterocycles. The monoisotopic (exact) mass is 253 g/mol. The van der Waals surface area contributed by atoms with E-state index in [0.717, 1.165) is 0 Å². The van der Waals surface area contributed by atoms with Crippen molar-refractivity contribution in [2.45, 2.75) is 19.8 Å². The molecule has 0 aliphatic carbocycles. The van der Waals surface area contributed by atoms with E-state index in [4.69, 9.17) is 10.9 Å². The fraction of sp³-hybridized carbons (Fsp3) is 0.333. The number of hydrogen-bond acceptors (Lipinski definition) is 3. The average molecular weight is 253 g/mol. The van der Waals surface area contributed by atoms with E-state index in [0.29, 0.717) is 24.9 Å². The first-order chi connectivity index (χ1) is 8.56. The van der Waals surface area contributed by atoms with Crippen molar-refractivity contribution in [3.63, 3.8) is 0 Å². The Kier molecular flexibility index (Phi) is 5.10. The molecule has 0 aliphatic rings. The van der Waals surface area contributed by atoms with Gasteiger partial charge in [-0.2, -0.15) is 0 Å². The molecule has 0 aliphatic heterocycles. The lowest BCUT2D eigenvalue weighted by molar-refractivity contribution is 0.0949. The van der Waals surface area contributed by atoms with Crippen LogP contribution in [0.25, 0.3) is 0 Å². The van der Waals surface area contributed by atoms with Gasteiger partial charge in [-0.05, 0) is 25.0 Å². The number of rotatable bonds is 5. The summed E-state index contributed by atoms with van der Waals surface area (Å²) in [4.78, 5) is 11.7. The van der Waals surface area contributed by atoms with E-state index in [9.17, 15) is 9.18 Å². The summed E-state index contributed by atoms with van der Waals surface area (Å²) >= 11 is 0. The normalized spacial score (nSPS) is 11.3. The fourth-order valence-electron chi connectivity index (χ4n) is 1.44. The number of amides is 1. The highest BCUT2D eigenvalue weighted by Gasteiger charge is 2.12. The molecule has 0 atom stereocenters. The van der Waals surface area contributed by atoms with Crippen molar-refractivity contribution in [3.8, 4) is 0 Å². The van der Waals surface area contributed by atoms with Gasteiger partial charge < -0.3 is 16.3 Å². The van der Waals surface area contributed by atoms with Gasteiger partial charge in [-0.1, -0.05) is 17.3 Å². The van der Waals surface area contributed by atoms with Crippen molar-refractivity contribution < 1.29 is 14.4 Å². The van der Waals surface area contributed by atoms with Gasteiger partial charge in [0.1, 0.15) is 11.7 Å². The quantitative estimate of drug-likeness (QED) is 0.243. The van der Waals surface area contributed by atoms with Gasteiger partial charge in [-0.25, -0.2) is 4.39 Å². The summed E-state index contributed by atoms with van der Waals surface area (Å²) in [5.41, 5.74) is 5.73. The molecule has 0 radical (unpaired) electrons. The SMILES string of the molecule is Cc1cccc(C(=O)NCCC/C(N)=N/O)c1F. The van der Waals surface area contributed by atoms with Crippen LogP contribution in [0.15, 0.2) is 23.4 Å². The second-order valence-electron chi connectivity index (χ2n) is 3.89. The molecule has 0 unspecified atom stereocenters. The van der Waals surface area contributed by atoms with Crippen LogP contribution in [0.3, 0.4) is 0 Å². The third kappa shape index (κ3) is 3.73. The Morgan fingerprint density at radius 2 is 2.28 bits per heavy atom. The minimum atomic E-state index is -0.508. The van der Waals surface area contributed by atoms with Crippen molar-refractivity contribution >= 4 is 11.7 Å². The average Bonchev–Trinajstić information content (AvgIpc) is 2.37. The lowest BCUT2D eigenvalue weighted by atomic mass is 10.1. The molecule has 1 rings (SSSR count). The number of benzene rings is 1. The summed E-state index contributed by atoms with van der Waals surface area (Å²) in [6, 6.07) is 4.66. The number of carbonyl (C=O) groups excluding carboxylic acids is 1. The first-order valence-corrected chi connectivity index (χ1v) is 5.56. The van der Waals surface area contributed by atoms with Crippen LogP contribution in [-0.4, -0.2) is 23.5 Å². The predicted octanol–water partition coefficient (Wildman–Crippen LogP) is 1.39. The minimum absolute atomic E-state index is 0.0267. The Morgan fingerprint density at radius 1 is 1.56 bits per heavy atom. The molecule has 1 aromatic carbocycles. The van der Waals surface area contributed by atoms with Gasteiger partial charge in [-0.3, -0.25) is 4.79 Å². The highest BCUT2D eigenvalue weighted by molar-refractivity contribution is 5.94. The fourth-order valence-corrected chi connectivity index (χ4v) is 1.44. The molecule has 0 bridgehead atoms. The van der Waals surface area contributed by atoms with Crippen LogP contribution in [0.5, 0.6) is 0 Å². The Labute approximate surface area is 104 Å². The zero-order valence-electron chi connectivity index (χ0n) is 10.1. The van der Waals surface area contributed by atoms with Crippen molar-refractivity contribution in [2.24, 2.45) is 10.9 Å². The van der Waals surface area contributed by atoms with E-state index >= 15 is 0 Å². The summed E-state index contributed by atoms with van der Waals surface area (Å²) in [6.07, 6.45) is 0.891. The molecule has 98 valence electrons. The van der Waals surface area contributed by atoms with Gasteiger partial charge in [0.2, 0.25) is 0 Å². The lowest BCUT2D eigenvalue weighted by Crippen LogP contribution is -2.26. The van der Waals surface area contributed by atoms with Crippen LogP contribution in [0, 0.1) is 12.7 Å². The minimum Gasteiger partial charge on any atom is -0.409 e. The van der Waals surface area contributed by atoms with Gasteiger partial charge >= 0.3 is 0 Å². The van der Waals surface area contributed by atoms with Crippen molar-refractivity contribution in [1.82, 2.24) is 5.32 Å². The summed E-state index contributed by atoms with van der Waals surface area (Å²) in [5, 5.41) is 13.7. The molecule has 0 saturated carbocycles. The number of halogens is 1. The van der Waals surface area contributed by atoms with E-state index in [1.807, 2.05) is 0 Å². The van der Waals surface area contributed by atoms with E-state index in [2.05, 4.69) is 10.5 Å². The standard InChI is InChI=1S/C12H16FN3O2/c1-8-4-2-5-9(11(8)13)12(17)15-7-3-6-10(14)16-18/h2,4-5,18H,3,6-7H2,1H3,(H2,14,16)(H,15,17). The van der Waals surface area contributed by atoms with Crippen LogP contribution in [-0.2, 0) is 0 Å². The zero-order chi connectivity index (χ0) is 13.5. The molecular weight excluding hydrogens is 237 g/mol. The van der Waals surface area contributed by atoms with E-state index in [1.165, 1.54) is 6.07 Å². The summed E-state index contributed by atoms with van der Waals surface area (Å²) < 4.78 is 13.6. The number of carbonyl (C=O) groups is 1. The van der Waals surface area contributed by atoms with E-state index in [-0.39, 0.29) is 11.4 Å². The number of oxime groups is 1. The molecule has 0 fully saturated rings. The zero-order valence-corrected chi connectivity index (χ0v) is 10.1. The van der Waals surface area contributed by atoms with E-state index < -0.39 is 11.7 Å². The van der Waals surface area contributed by atoms with Crippen molar-refractivity contribution in [3.05, 3.63) is 35.1 Å². The number of nitrogens with one attached hydrogen (secondary N) is 1. The molecule has 6 heteroatoms. The van der Waals surface area contributed by atoms with Crippen LogP contribution >= 0.6 is 0 Å². The molecule has 5 nitrogen and oxygen atoms in total. The molecule has 0 saturated heterocycles. The largest absolute Gasteiger partial charge is 0.409 e. The first-order valence-electron chi connectivity index (χ1n) is 5.56. The highest BCUT2D eigenvalue weighted by Crippen LogP contribution is 2.11. The van der Waals surface area contributed by atoms with Crippen LogP contribution in [0.1, 0.15) is 28.8 Å². The van der Waals surface area contributed by atoms with Crippen LogP contribution < -0.4 is 11.1 Å². The van der Waals surface area contributed by atoms with Gasteiger partial charge in [-0.15, -0.1) is 0 Å². The van der Waals surface area contributed by atoms with Gasteiger partial charge in [0.05, 0.1) is 5.56 Å². The van der Waals surface area contributed by atoms with Gasteiger partial charge in [0.25, 0.3) is 5.91 Å². The first kappa shape index (κ1) is 14.0. The number of nitrogens with two attached hydrogens (primary N) is 1. The Balaban J connectivity index is 2.49. The topological polar surface area (TPSA) is 87.7 Å². The van der Waals surface area contributed by atoms with Crippen molar-refractivity contribution in [2.75, 3.05) is 6.54 Å². The maximum Gasteiger partial charge on any atom is 0.254 e. The highest BCUT2D eigenvalue weighted by atomic mass is 19.1. The van der Waals surface area contributed by atoms with Crippen LogP contribution in [0.4, 0.5) is 4.39 Å². The van der Waals surface area contributed by atoms with Crippen LogP contribution in [0.2, 0.25) is 0 Å². The molecule has 4 N–H and O–H groups in total. The predicted molar refractivity (Wildman–Crippen MR) is 66.1 cm³/mol. The summed E-state index contributed by atoms with van der Waals surface area (Å²) in [6.45, 7) is 1.94. The molecule has 1 aromatic rings. The number of hydrogen-bond donors (Lipinski definition) is 3. The van der Waals surface area contributed by atoms with Gasteiger partial charge in [0, 0.05) is 13.0 Å². The number of aryl methyl sites for hydroxylation is 1. The van der Waals surface area contributed by atoms with E-state index in [1.54, 1.807) is 19.1 Å².